The molecule has 1 spiro atoms. The number of ether oxygens (including phenoxy) is 1. The van der Waals surface area contributed by atoms with Crippen LogP contribution in [0.3, 0.4) is 0 Å². The molecule has 0 atom stereocenters. The van der Waals surface area contributed by atoms with E-state index in [0.29, 0.717) is 0 Å². The molecule has 5 heteroatoms. The highest BCUT2D eigenvalue weighted by molar-refractivity contribution is 6.64. The second-order valence-electron chi connectivity index (χ2n) is 12.4. The van der Waals surface area contributed by atoms with Crippen LogP contribution in [-0.4, -0.2) is 18.3 Å². The normalized spacial score (nSPS) is 18.5. The molecule has 1 saturated heterocycles. The molecule has 0 N–H and O–H groups in total. The van der Waals surface area contributed by atoms with E-state index in [1.54, 1.807) is 0 Å². The molecule has 0 amide bonds. The van der Waals surface area contributed by atoms with Gasteiger partial charge in [-0.2, -0.15) is 0 Å². The van der Waals surface area contributed by atoms with Gasteiger partial charge in [-0.25, -0.2) is 0 Å². The number of benzene rings is 5. The SMILES string of the molecule is CC1(C)OB(c2ccccc2N2c3ccccc3C3(c4ccccc4Oc4ccccc43)c3ccccc32)OC1(C)C. The predicted octanol–water partition coefficient (Wildman–Crippen LogP) is 8.26. The van der Waals surface area contributed by atoms with Gasteiger partial charge in [-0.15, -0.1) is 0 Å². The van der Waals surface area contributed by atoms with Gasteiger partial charge < -0.3 is 18.9 Å². The van der Waals surface area contributed by atoms with Gasteiger partial charge in [0.15, 0.2) is 0 Å². The Morgan fingerprint density at radius 3 is 1.40 bits per heavy atom. The minimum absolute atomic E-state index is 0.442. The Kier molecular flexibility index (Phi) is 5.35. The van der Waals surface area contributed by atoms with Gasteiger partial charge in [-0.3, -0.25) is 0 Å². The number of fused-ring (bicyclic) bond motifs is 8. The maximum atomic E-state index is 6.59. The van der Waals surface area contributed by atoms with Gasteiger partial charge in [0.2, 0.25) is 0 Å². The second kappa shape index (κ2) is 8.84. The van der Waals surface area contributed by atoms with E-state index in [-0.39, 0.29) is 0 Å². The molecule has 0 aromatic heterocycles. The summed E-state index contributed by atoms with van der Waals surface area (Å²) in [5, 5.41) is 0. The van der Waals surface area contributed by atoms with Gasteiger partial charge in [0.05, 0.1) is 28.0 Å². The molecule has 8 rings (SSSR count). The predicted molar refractivity (Wildman–Crippen MR) is 169 cm³/mol. The Hall–Kier alpha value is -4.32. The Morgan fingerprint density at radius 1 is 0.476 bits per heavy atom. The van der Waals surface area contributed by atoms with Crippen LogP contribution in [0.15, 0.2) is 121 Å². The molecule has 0 radical (unpaired) electrons. The van der Waals surface area contributed by atoms with E-state index in [0.717, 1.165) is 45.2 Å². The highest BCUT2D eigenvalue weighted by Gasteiger charge is 2.54. The van der Waals surface area contributed by atoms with Crippen LogP contribution < -0.4 is 15.1 Å². The van der Waals surface area contributed by atoms with Crippen LogP contribution >= 0.6 is 0 Å². The zero-order valence-electron chi connectivity index (χ0n) is 24.3. The lowest BCUT2D eigenvalue weighted by Gasteiger charge is -2.48. The molecule has 42 heavy (non-hydrogen) atoms. The third kappa shape index (κ3) is 3.32. The zero-order chi connectivity index (χ0) is 28.7. The van der Waals surface area contributed by atoms with Gasteiger partial charge >= 0.3 is 7.12 Å². The summed E-state index contributed by atoms with van der Waals surface area (Å²) in [6, 6.07) is 42.9. The lowest BCUT2D eigenvalue weighted by atomic mass is 9.61. The van der Waals surface area contributed by atoms with Crippen molar-refractivity contribution in [2.75, 3.05) is 4.90 Å². The molecule has 3 aliphatic rings. The summed E-state index contributed by atoms with van der Waals surface area (Å²) < 4.78 is 19.7. The van der Waals surface area contributed by atoms with Crippen LogP contribution in [0.2, 0.25) is 0 Å². The fourth-order valence-corrected chi connectivity index (χ4v) is 6.94. The zero-order valence-corrected chi connectivity index (χ0v) is 24.3. The number of rotatable bonds is 2. The fraction of sp³-hybridized carbons (Fsp3) is 0.189. The van der Waals surface area contributed by atoms with Gasteiger partial charge in [0.1, 0.15) is 11.5 Å². The van der Waals surface area contributed by atoms with E-state index in [9.17, 15) is 0 Å². The molecular formula is C37H32BNO3. The summed E-state index contributed by atoms with van der Waals surface area (Å²) in [5.74, 6) is 1.76. The van der Waals surface area contributed by atoms with Crippen molar-refractivity contribution in [3.05, 3.63) is 144 Å². The second-order valence-corrected chi connectivity index (χ2v) is 12.4. The largest absolute Gasteiger partial charge is 0.496 e. The van der Waals surface area contributed by atoms with Crippen molar-refractivity contribution in [3.8, 4) is 11.5 Å². The van der Waals surface area contributed by atoms with E-state index >= 15 is 0 Å². The summed E-state index contributed by atoms with van der Waals surface area (Å²) in [5.41, 5.74) is 7.52. The summed E-state index contributed by atoms with van der Waals surface area (Å²) in [6.07, 6.45) is 0. The third-order valence-electron chi connectivity index (χ3n) is 9.58. The van der Waals surface area contributed by atoms with E-state index in [1.807, 2.05) is 12.1 Å². The molecule has 3 aliphatic heterocycles. The van der Waals surface area contributed by atoms with Crippen molar-refractivity contribution in [1.82, 2.24) is 0 Å². The third-order valence-corrected chi connectivity index (χ3v) is 9.58. The number of para-hydroxylation sites is 5. The summed E-state index contributed by atoms with van der Waals surface area (Å²) in [7, 11) is -0.494. The van der Waals surface area contributed by atoms with Gasteiger partial charge in [0.25, 0.3) is 0 Å². The Labute approximate surface area is 247 Å². The van der Waals surface area contributed by atoms with Crippen molar-refractivity contribution < 1.29 is 14.0 Å². The minimum Gasteiger partial charge on any atom is -0.457 e. The smallest absolute Gasteiger partial charge is 0.457 e. The molecule has 206 valence electrons. The first-order valence-electron chi connectivity index (χ1n) is 14.6. The van der Waals surface area contributed by atoms with Crippen molar-refractivity contribution in [2.24, 2.45) is 0 Å². The first-order chi connectivity index (χ1) is 20.3. The van der Waals surface area contributed by atoms with E-state index < -0.39 is 23.7 Å². The van der Waals surface area contributed by atoms with Crippen molar-refractivity contribution in [3.63, 3.8) is 0 Å². The van der Waals surface area contributed by atoms with Crippen LogP contribution in [-0.2, 0) is 14.7 Å². The molecule has 5 aromatic carbocycles. The van der Waals surface area contributed by atoms with E-state index in [2.05, 4.69) is 142 Å². The first-order valence-corrected chi connectivity index (χ1v) is 14.6. The van der Waals surface area contributed by atoms with Crippen molar-refractivity contribution in [1.29, 1.82) is 0 Å². The van der Waals surface area contributed by atoms with Crippen molar-refractivity contribution in [2.45, 2.75) is 44.3 Å². The summed E-state index contributed by atoms with van der Waals surface area (Å²) >= 11 is 0. The van der Waals surface area contributed by atoms with Crippen LogP contribution in [0.1, 0.15) is 49.9 Å². The maximum Gasteiger partial charge on any atom is 0.496 e. The lowest BCUT2D eigenvalue weighted by molar-refractivity contribution is 0.00578. The van der Waals surface area contributed by atoms with E-state index in [4.69, 9.17) is 14.0 Å². The average molecular weight is 549 g/mol. The minimum atomic E-state index is -0.561. The lowest BCUT2D eigenvalue weighted by Crippen LogP contribution is -2.42. The molecule has 3 heterocycles. The highest BCUT2D eigenvalue weighted by Crippen LogP contribution is 2.62. The maximum absolute atomic E-state index is 6.59. The monoisotopic (exact) mass is 549 g/mol. The highest BCUT2D eigenvalue weighted by atomic mass is 16.7. The fourth-order valence-electron chi connectivity index (χ4n) is 6.94. The number of nitrogens with zero attached hydrogens (tertiary/aromatic N) is 1. The first kappa shape index (κ1) is 25.4. The standard InChI is InChI=1S/C37H32BNO3/c1-35(2)36(3,4)42-38(41-35)29-19-9-12-22-32(29)39-30-20-10-5-15-25(30)37(26-16-6-11-21-31(26)39)27-17-7-13-23-33(27)40-34-24-14-8-18-28(34)37/h5-24H,1-4H3. The van der Waals surface area contributed by atoms with Crippen LogP contribution in [0.4, 0.5) is 17.1 Å². The molecular weight excluding hydrogens is 517 g/mol. The average Bonchev–Trinajstić information content (AvgIpc) is 3.23. The van der Waals surface area contributed by atoms with Crippen LogP contribution in [0.5, 0.6) is 11.5 Å². The van der Waals surface area contributed by atoms with Gasteiger partial charge in [-0.05, 0) is 69.2 Å². The number of hydrogen-bond donors (Lipinski definition) is 0. The molecule has 1 fully saturated rings. The Balaban J connectivity index is 1.43. The molecule has 4 nitrogen and oxygen atoms in total. The Bertz CT molecular complexity index is 1750. The molecule has 5 aromatic rings. The van der Waals surface area contributed by atoms with E-state index in [1.165, 1.54) is 11.1 Å². The van der Waals surface area contributed by atoms with Crippen LogP contribution in [0.25, 0.3) is 0 Å². The number of hydrogen-bond acceptors (Lipinski definition) is 4. The van der Waals surface area contributed by atoms with Gasteiger partial charge in [-0.1, -0.05) is 91.0 Å². The van der Waals surface area contributed by atoms with Crippen LogP contribution in [0, 0.1) is 0 Å². The molecule has 0 saturated carbocycles. The summed E-state index contributed by atoms with van der Waals surface area (Å²) in [6.45, 7) is 8.41. The Morgan fingerprint density at radius 2 is 0.881 bits per heavy atom. The number of anilines is 3. The molecule has 0 unspecified atom stereocenters. The van der Waals surface area contributed by atoms with Gasteiger partial charge in [0, 0.05) is 22.3 Å². The summed E-state index contributed by atoms with van der Waals surface area (Å²) in [4.78, 5) is 2.39. The molecule has 0 bridgehead atoms. The quantitative estimate of drug-likeness (QED) is 0.203. The molecule has 0 aliphatic carbocycles. The van der Waals surface area contributed by atoms with Crippen molar-refractivity contribution >= 4 is 29.6 Å². The topological polar surface area (TPSA) is 30.9 Å².